The first-order chi connectivity index (χ1) is 9.94. The molecule has 0 amide bonds. The van der Waals surface area contributed by atoms with Gasteiger partial charge in [0.1, 0.15) is 6.20 Å². The van der Waals surface area contributed by atoms with E-state index in [4.69, 9.17) is 0 Å². The van der Waals surface area contributed by atoms with Crippen LogP contribution in [-0.4, -0.2) is 37.7 Å². The fourth-order valence-electron chi connectivity index (χ4n) is 2.66. The number of unbranched alkanes of at least 4 members (excludes halogenated alkanes) is 7. The smallest absolute Gasteiger partial charge is 0.282 e. The van der Waals surface area contributed by atoms with Gasteiger partial charge in [0.15, 0.2) is 0 Å². The van der Waals surface area contributed by atoms with Crippen LogP contribution in [-0.2, 0) is 6.54 Å². The predicted molar refractivity (Wildman–Crippen MR) is 91.2 cm³/mol. The Bertz CT molecular complexity index is 393. The maximum absolute atomic E-state index is 2.38. The van der Waals surface area contributed by atoms with Gasteiger partial charge in [-0.2, -0.15) is 0 Å². The van der Waals surface area contributed by atoms with Crippen molar-refractivity contribution in [3.8, 4) is 0 Å². The van der Waals surface area contributed by atoms with Crippen molar-refractivity contribution in [2.45, 2.75) is 71.8 Å². The summed E-state index contributed by atoms with van der Waals surface area (Å²) < 4.78 is 5.46. The van der Waals surface area contributed by atoms with Crippen LogP contribution in [0.2, 0.25) is 0 Å². The van der Waals surface area contributed by atoms with Crippen molar-refractivity contribution in [2.75, 3.05) is 21.1 Å². The molecular weight excluding hydrogens is 257 g/mol. The van der Waals surface area contributed by atoms with Gasteiger partial charge < -0.3 is 8.87 Å². The molecule has 0 N–H and O–H groups in total. The highest BCUT2D eigenvalue weighted by Crippen LogP contribution is 2.09. The molecule has 0 spiro atoms. The van der Waals surface area contributed by atoms with Crippen molar-refractivity contribution in [1.29, 1.82) is 0 Å². The molecule has 0 saturated heterocycles. The molecule has 1 heterocycles. The highest BCUT2D eigenvalue weighted by molar-refractivity contribution is 6.14. The van der Waals surface area contributed by atoms with E-state index in [1.807, 2.05) is 0 Å². The Morgan fingerprint density at radius 2 is 1.57 bits per heavy atom. The van der Waals surface area contributed by atoms with Gasteiger partial charge in [-0.05, 0) is 12.8 Å². The number of hydrogen-bond donors (Lipinski definition) is 0. The number of rotatable bonds is 11. The third-order valence-electron chi connectivity index (χ3n) is 3.92. The number of nitrogens with zero attached hydrogens (tertiary/aromatic N) is 3. The largest absolute Gasteiger partial charge is 0.526 e. The zero-order valence-electron chi connectivity index (χ0n) is 14.9. The van der Waals surface area contributed by atoms with Crippen molar-refractivity contribution in [1.82, 2.24) is 4.57 Å². The first-order valence-electron chi connectivity index (χ1n) is 8.68. The molecule has 2 radical (unpaired) electrons. The minimum absolute atomic E-state index is 0.841. The molecule has 0 bridgehead atoms. The van der Waals surface area contributed by atoms with Crippen LogP contribution in [0.5, 0.6) is 0 Å². The number of quaternary nitrogens is 1. The zero-order chi connectivity index (χ0) is 15.7. The quantitative estimate of drug-likeness (QED) is 0.437. The fraction of sp³-hybridized carbons (Fsp3) is 0.824. The summed E-state index contributed by atoms with van der Waals surface area (Å²) >= 11 is 0. The molecule has 0 aromatic carbocycles. The highest BCUT2D eigenvalue weighted by Gasteiger charge is 2.11. The lowest BCUT2D eigenvalue weighted by atomic mass is 10.1. The third-order valence-corrected chi connectivity index (χ3v) is 3.92. The van der Waals surface area contributed by atoms with Crippen LogP contribution in [0.1, 0.15) is 64.1 Å². The lowest BCUT2D eigenvalue weighted by Crippen LogP contribution is -2.57. The molecule has 4 heteroatoms. The average molecular weight is 292 g/mol. The molecule has 0 saturated carbocycles. The van der Waals surface area contributed by atoms with Gasteiger partial charge in [-0.25, -0.2) is 4.57 Å². The summed E-state index contributed by atoms with van der Waals surface area (Å²) in [4.78, 5) is 0. The molecule has 0 fully saturated rings. The molecule has 0 aliphatic carbocycles. The minimum atomic E-state index is 0.841. The van der Waals surface area contributed by atoms with E-state index in [1.54, 1.807) is 0 Å². The van der Waals surface area contributed by atoms with Crippen LogP contribution in [0.15, 0.2) is 12.4 Å². The van der Waals surface area contributed by atoms with E-state index in [2.05, 4.69) is 64.0 Å². The zero-order valence-corrected chi connectivity index (χ0v) is 14.9. The summed E-state index contributed by atoms with van der Waals surface area (Å²) in [5, 5.41) is 0. The van der Waals surface area contributed by atoms with Gasteiger partial charge in [0.25, 0.3) is 7.55 Å². The Balaban J connectivity index is 2.21. The van der Waals surface area contributed by atoms with E-state index < -0.39 is 0 Å². The molecule has 120 valence electrons. The van der Waals surface area contributed by atoms with Crippen molar-refractivity contribution >= 4 is 7.55 Å². The summed E-state index contributed by atoms with van der Waals surface area (Å²) in [6, 6.07) is 0. The van der Waals surface area contributed by atoms with Gasteiger partial charge in [-0.1, -0.05) is 45.4 Å². The van der Waals surface area contributed by atoms with Crippen LogP contribution < -0.4 is 4.48 Å². The summed E-state index contributed by atoms with van der Waals surface area (Å²) in [6.07, 6.45) is 15.5. The molecular formula is C17H35BN3+. The van der Waals surface area contributed by atoms with Crippen molar-refractivity contribution in [3.63, 3.8) is 0 Å². The molecule has 1 aromatic rings. The van der Waals surface area contributed by atoms with E-state index in [0.717, 1.165) is 10.9 Å². The van der Waals surface area contributed by atoms with Gasteiger partial charge in [0.05, 0.1) is 12.7 Å². The van der Waals surface area contributed by atoms with E-state index in [0.29, 0.717) is 0 Å². The van der Waals surface area contributed by atoms with Gasteiger partial charge >= 0.3 is 0 Å². The van der Waals surface area contributed by atoms with Gasteiger partial charge in [0.2, 0.25) is 5.82 Å². The first-order valence-corrected chi connectivity index (χ1v) is 8.68. The first kappa shape index (κ1) is 18.3. The average Bonchev–Trinajstić information content (AvgIpc) is 2.72. The molecule has 0 aliphatic rings. The second kappa shape index (κ2) is 9.29. The van der Waals surface area contributed by atoms with Crippen LogP contribution in [0.25, 0.3) is 0 Å². The van der Waals surface area contributed by atoms with E-state index in [9.17, 15) is 0 Å². The van der Waals surface area contributed by atoms with E-state index in [1.165, 1.54) is 57.2 Å². The second-order valence-electron chi connectivity index (χ2n) is 7.15. The van der Waals surface area contributed by atoms with Crippen LogP contribution in [0, 0.1) is 6.92 Å². The van der Waals surface area contributed by atoms with E-state index >= 15 is 0 Å². The molecule has 1 aromatic heterocycles. The van der Waals surface area contributed by atoms with Crippen LogP contribution in [0.4, 0.5) is 0 Å². The van der Waals surface area contributed by atoms with Crippen molar-refractivity contribution in [2.24, 2.45) is 0 Å². The molecule has 21 heavy (non-hydrogen) atoms. The van der Waals surface area contributed by atoms with Crippen LogP contribution in [0.3, 0.4) is 0 Å². The molecule has 1 rings (SSSR count). The number of aryl methyl sites for hydroxylation is 1. The lowest BCUT2D eigenvalue weighted by molar-refractivity contribution is -0.807. The maximum Gasteiger partial charge on any atom is 0.282 e. The minimum Gasteiger partial charge on any atom is -0.526 e. The summed E-state index contributed by atoms with van der Waals surface area (Å²) in [5.74, 6) is 1.32. The van der Waals surface area contributed by atoms with Crippen molar-refractivity contribution in [3.05, 3.63) is 18.2 Å². The van der Waals surface area contributed by atoms with Crippen molar-refractivity contribution < 1.29 is 8.87 Å². The third kappa shape index (κ3) is 7.70. The summed E-state index contributed by atoms with van der Waals surface area (Å²) in [5.41, 5.74) is 0. The molecule has 3 nitrogen and oxygen atoms in total. The second-order valence-corrected chi connectivity index (χ2v) is 7.15. The Hall–Kier alpha value is -0.765. The van der Waals surface area contributed by atoms with Crippen LogP contribution >= 0.6 is 0 Å². The Morgan fingerprint density at radius 1 is 1.00 bits per heavy atom. The molecule has 0 aliphatic heterocycles. The fourth-order valence-corrected chi connectivity index (χ4v) is 2.66. The topological polar surface area (TPSA) is 8.81 Å². The Morgan fingerprint density at radius 3 is 2.14 bits per heavy atom. The highest BCUT2D eigenvalue weighted by atomic mass is 15.3. The predicted octanol–water partition coefficient (Wildman–Crippen LogP) is 3.31. The maximum atomic E-state index is 2.38. The summed E-state index contributed by atoms with van der Waals surface area (Å²) in [7, 11) is 8.78. The monoisotopic (exact) mass is 292 g/mol. The lowest BCUT2D eigenvalue weighted by Gasteiger charge is -2.34. The Labute approximate surface area is 132 Å². The number of imidazole rings is 1. The number of aromatic nitrogens is 2. The molecule has 0 unspecified atom stereocenters. The summed E-state index contributed by atoms with van der Waals surface area (Å²) in [6.45, 7) is 5.64. The number of hydrogen-bond acceptors (Lipinski definition) is 0. The Kier molecular flexibility index (Phi) is 8.09. The van der Waals surface area contributed by atoms with Gasteiger partial charge in [-0.15, -0.1) is 0 Å². The van der Waals surface area contributed by atoms with Gasteiger partial charge in [-0.3, -0.25) is 0 Å². The standard InChI is InChI=1S/C17H35BN3/c1-6-7-8-9-10-11-12-13-14-19-15-16-20(17(19)2)18-21(3,4)5/h15-16H,6-14H2,1-5H3/q+1. The van der Waals surface area contributed by atoms with Gasteiger partial charge in [0, 0.05) is 28.1 Å². The SMILES string of the molecule is CCCCCCCCCCn1cc[n+]([B-][N+](C)(C)C)c1C. The normalized spacial score (nSPS) is 12.0. The molecule has 0 atom stereocenters. The van der Waals surface area contributed by atoms with E-state index in [-0.39, 0.29) is 0 Å².